The SMILES string of the molecule is CCCCN(CCCC)c1cc(C(=O)N2CCOCC2)cc(S(N)(=O)=O)c1Oc1ccccc1. The van der Waals surface area contributed by atoms with Crippen LogP contribution in [0.25, 0.3) is 0 Å². The van der Waals surface area contributed by atoms with Crippen molar-refractivity contribution in [3.8, 4) is 11.5 Å². The monoisotopic (exact) mass is 489 g/mol. The van der Waals surface area contributed by atoms with Crippen LogP contribution >= 0.6 is 0 Å². The van der Waals surface area contributed by atoms with Crippen molar-refractivity contribution in [2.45, 2.75) is 44.4 Å². The van der Waals surface area contributed by atoms with E-state index in [9.17, 15) is 13.2 Å². The summed E-state index contributed by atoms with van der Waals surface area (Å²) in [6.07, 6.45) is 3.79. The van der Waals surface area contributed by atoms with Crippen molar-refractivity contribution < 1.29 is 22.7 Å². The number of hydrogen-bond donors (Lipinski definition) is 1. The van der Waals surface area contributed by atoms with Gasteiger partial charge in [0, 0.05) is 31.7 Å². The molecule has 3 rings (SSSR count). The maximum Gasteiger partial charge on any atom is 0.254 e. The number of primary sulfonamides is 1. The maximum absolute atomic E-state index is 13.3. The Bertz CT molecular complexity index is 1050. The van der Waals surface area contributed by atoms with E-state index in [1.807, 2.05) is 18.2 Å². The number of nitrogens with two attached hydrogens (primary N) is 1. The van der Waals surface area contributed by atoms with Crippen LogP contribution in [-0.2, 0) is 14.8 Å². The standard InChI is InChI=1S/C25H35N3O5S/c1-3-5-12-27(13-6-4-2)22-18-20(25(29)28-14-16-32-17-15-28)19-23(34(26,30)31)24(22)33-21-10-8-7-9-11-21/h7-11,18-19H,3-6,12-17H2,1-2H3,(H2,26,30,31). The van der Waals surface area contributed by atoms with Crippen LogP contribution in [-0.4, -0.2) is 58.6 Å². The van der Waals surface area contributed by atoms with Gasteiger partial charge >= 0.3 is 0 Å². The quantitative estimate of drug-likeness (QED) is 0.512. The van der Waals surface area contributed by atoms with E-state index < -0.39 is 10.0 Å². The van der Waals surface area contributed by atoms with E-state index in [0.717, 1.165) is 25.7 Å². The summed E-state index contributed by atoms with van der Waals surface area (Å²) in [5.41, 5.74) is 0.841. The smallest absolute Gasteiger partial charge is 0.254 e. The van der Waals surface area contributed by atoms with Crippen LogP contribution in [0.3, 0.4) is 0 Å². The summed E-state index contributed by atoms with van der Waals surface area (Å²) in [5.74, 6) is 0.401. The third kappa shape index (κ3) is 6.71. The van der Waals surface area contributed by atoms with E-state index in [0.29, 0.717) is 50.8 Å². The van der Waals surface area contributed by atoms with Crippen molar-refractivity contribution in [1.29, 1.82) is 0 Å². The van der Waals surface area contributed by atoms with Gasteiger partial charge in [-0.1, -0.05) is 44.9 Å². The molecule has 9 heteroatoms. The summed E-state index contributed by atoms with van der Waals surface area (Å²) in [6, 6.07) is 12.1. The van der Waals surface area contributed by atoms with Gasteiger partial charge in [-0.25, -0.2) is 13.6 Å². The average Bonchev–Trinajstić information content (AvgIpc) is 2.84. The highest BCUT2D eigenvalue weighted by Gasteiger charge is 2.28. The molecule has 0 aromatic heterocycles. The van der Waals surface area contributed by atoms with Crippen LogP contribution in [0, 0.1) is 0 Å². The van der Waals surface area contributed by atoms with Gasteiger partial charge in [0.25, 0.3) is 5.91 Å². The van der Waals surface area contributed by atoms with Gasteiger partial charge in [0.2, 0.25) is 10.0 Å². The highest BCUT2D eigenvalue weighted by Crippen LogP contribution is 2.40. The fourth-order valence-corrected chi connectivity index (χ4v) is 4.56. The third-order valence-corrected chi connectivity index (χ3v) is 6.67. The van der Waals surface area contributed by atoms with Crippen molar-refractivity contribution in [1.82, 2.24) is 4.90 Å². The zero-order valence-corrected chi connectivity index (χ0v) is 20.9. The summed E-state index contributed by atoms with van der Waals surface area (Å²) in [5, 5.41) is 5.66. The predicted molar refractivity (Wildman–Crippen MR) is 133 cm³/mol. The molecule has 1 aliphatic rings. The van der Waals surface area contributed by atoms with Gasteiger partial charge in [-0.3, -0.25) is 4.79 Å². The van der Waals surface area contributed by atoms with Crippen LogP contribution in [0.4, 0.5) is 5.69 Å². The Hall–Kier alpha value is -2.62. The molecule has 0 atom stereocenters. The van der Waals surface area contributed by atoms with Crippen LogP contribution in [0.5, 0.6) is 11.5 Å². The lowest BCUT2D eigenvalue weighted by molar-refractivity contribution is 0.0302. The molecule has 1 heterocycles. The van der Waals surface area contributed by atoms with Crippen LogP contribution < -0.4 is 14.8 Å². The molecule has 0 radical (unpaired) electrons. The second-order valence-corrected chi connectivity index (χ2v) is 9.91. The van der Waals surface area contributed by atoms with E-state index in [-0.39, 0.29) is 22.1 Å². The molecule has 2 aromatic rings. The van der Waals surface area contributed by atoms with Crippen molar-refractivity contribution in [2.24, 2.45) is 5.14 Å². The largest absolute Gasteiger partial charge is 0.454 e. The summed E-state index contributed by atoms with van der Waals surface area (Å²) in [7, 11) is -4.18. The van der Waals surface area contributed by atoms with E-state index in [2.05, 4.69) is 18.7 Å². The molecule has 34 heavy (non-hydrogen) atoms. The Kier molecular flexibility index (Phi) is 9.32. The third-order valence-electron chi connectivity index (χ3n) is 5.75. The Labute approximate surface area is 202 Å². The second kappa shape index (κ2) is 12.2. The summed E-state index contributed by atoms with van der Waals surface area (Å²) in [4.78, 5) is 16.9. The van der Waals surface area contributed by atoms with Gasteiger partial charge in [-0.2, -0.15) is 0 Å². The van der Waals surface area contributed by atoms with Crippen molar-refractivity contribution in [2.75, 3.05) is 44.3 Å². The summed E-state index contributed by atoms with van der Waals surface area (Å²) in [6.45, 7) is 7.44. The van der Waals surface area contributed by atoms with Crippen LogP contribution in [0.2, 0.25) is 0 Å². The Morgan fingerprint density at radius 2 is 1.68 bits per heavy atom. The first-order valence-corrected chi connectivity index (χ1v) is 13.5. The maximum atomic E-state index is 13.3. The molecule has 2 N–H and O–H groups in total. The Morgan fingerprint density at radius 3 is 2.24 bits per heavy atom. The van der Waals surface area contributed by atoms with Gasteiger partial charge in [0.15, 0.2) is 5.75 Å². The molecule has 1 amide bonds. The van der Waals surface area contributed by atoms with E-state index in [1.165, 1.54) is 6.07 Å². The Morgan fingerprint density at radius 1 is 1.06 bits per heavy atom. The van der Waals surface area contributed by atoms with Crippen LogP contribution in [0.1, 0.15) is 49.9 Å². The second-order valence-electron chi connectivity index (χ2n) is 8.38. The highest BCUT2D eigenvalue weighted by molar-refractivity contribution is 7.89. The number of nitrogens with zero attached hydrogens (tertiary/aromatic N) is 2. The zero-order chi connectivity index (χ0) is 24.6. The van der Waals surface area contributed by atoms with Crippen LogP contribution in [0.15, 0.2) is 47.4 Å². The van der Waals surface area contributed by atoms with E-state index >= 15 is 0 Å². The molecule has 0 unspecified atom stereocenters. The topological polar surface area (TPSA) is 102 Å². The van der Waals surface area contributed by atoms with Gasteiger partial charge in [0.1, 0.15) is 10.6 Å². The van der Waals surface area contributed by atoms with Gasteiger partial charge in [0.05, 0.1) is 18.9 Å². The zero-order valence-electron chi connectivity index (χ0n) is 20.0. The van der Waals surface area contributed by atoms with Crippen molar-refractivity contribution >= 4 is 21.6 Å². The number of carbonyl (C=O) groups excluding carboxylic acids is 1. The number of anilines is 1. The number of para-hydroxylation sites is 1. The van der Waals surface area contributed by atoms with Gasteiger partial charge < -0.3 is 19.3 Å². The number of unbranched alkanes of at least 4 members (excludes halogenated alkanes) is 2. The molecule has 2 aromatic carbocycles. The molecular formula is C25H35N3O5S. The molecule has 0 bridgehead atoms. The molecular weight excluding hydrogens is 454 g/mol. The first-order valence-electron chi connectivity index (χ1n) is 11.9. The fourth-order valence-electron chi connectivity index (χ4n) is 3.87. The average molecular weight is 490 g/mol. The normalized spacial score (nSPS) is 14.1. The summed E-state index contributed by atoms with van der Waals surface area (Å²) < 4.78 is 37.0. The number of carbonyl (C=O) groups is 1. The minimum atomic E-state index is -4.18. The molecule has 0 aliphatic carbocycles. The number of ether oxygens (including phenoxy) is 2. The minimum absolute atomic E-state index is 0.152. The molecule has 1 fully saturated rings. The fraction of sp³-hybridized carbons (Fsp3) is 0.480. The lowest BCUT2D eigenvalue weighted by Crippen LogP contribution is -2.40. The molecule has 1 aliphatic heterocycles. The molecule has 186 valence electrons. The molecule has 1 saturated heterocycles. The summed E-state index contributed by atoms with van der Waals surface area (Å²) >= 11 is 0. The number of sulfonamides is 1. The van der Waals surface area contributed by atoms with Gasteiger partial charge in [-0.15, -0.1) is 0 Å². The number of amides is 1. The lowest BCUT2D eigenvalue weighted by Gasteiger charge is -2.30. The number of rotatable bonds is 11. The molecule has 0 spiro atoms. The van der Waals surface area contributed by atoms with Crippen molar-refractivity contribution in [3.63, 3.8) is 0 Å². The van der Waals surface area contributed by atoms with Crippen molar-refractivity contribution in [3.05, 3.63) is 48.0 Å². The molecule has 8 nitrogen and oxygen atoms in total. The van der Waals surface area contributed by atoms with Gasteiger partial charge in [-0.05, 0) is 37.1 Å². The number of benzene rings is 2. The van der Waals surface area contributed by atoms with E-state index in [4.69, 9.17) is 14.6 Å². The minimum Gasteiger partial charge on any atom is -0.454 e. The molecule has 0 saturated carbocycles. The lowest BCUT2D eigenvalue weighted by atomic mass is 10.1. The number of morpholine rings is 1. The van der Waals surface area contributed by atoms with E-state index in [1.54, 1.807) is 23.1 Å². The number of hydrogen-bond acceptors (Lipinski definition) is 6. The first kappa shape index (κ1) is 26.0. The predicted octanol–water partition coefficient (Wildman–Crippen LogP) is 4.01. The Balaban J connectivity index is 2.17. The highest BCUT2D eigenvalue weighted by atomic mass is 32.2. The first-order chi connectivity index (χ1) is 16.3.